The Balaban J connectivity index is 1.23. The summed E-state index contributed by atoms with van der Waals surface area (Å²) >= 11 is 1.61. The molecular formula is C22H18N4OS. The van der Waals surface area contributed by atoms with E-state index in [0.29, 0.717) is 13.0 Å². The van der Waals surface area contributed by atoms with Gasteiger partial charge in [0, 0.05) is 53.7 Å². The number of rotatable bonds is 5. The topological polar surface area (TPSA) is 51.3 Å². The second-order valence-corrected chi connectivity index (χ2v) is 7.54. The molecule has 0 aliphatic heterocycles. The maximum atomic E-state index is 12.3. The van der Waals surface area contributed by atoms with Crippen LogP contribution in [0.3, 0.4) is 0 Å². The zero-order valence-electron chi connectivity index (χ0n) is 15.1. The molecule has 0 atom stereocenters. The normalized spacial score (nSPS) is 11.3. The number of carbonyl (C=O) groups excluding carboxylic acids is 1. The first-order chi connectivity index (χ1) is 13.8. The molecule has 5 rings (SSSR count). The summed E-state index contributed by atoms with van der Waals surface area (Å²) in [6, 6.07) is 18.1. The van der Waals surface area contributed by atoms with Crippen LogP contribution in [0.4, 0.5) is 5.69 Å². The number of aromatic nitrogens is 3. The number of anilines is 1. The number of nitrogens with zero attached hydrogens (tertiary/aromatic N) is 3. The Kier molecular flexibility index (Phi) is 4.18. The van der Waals surface area contributed by atoms with Gasteiger partial charge in [0.25, 0.3) is 0 Å². The van der Waals surface area contributed by atoms with Crippen LogP contribution in [0.15, 0.2) is 78.6 Å². The van der Waals surface area contributed by atoms with E-state index in [4.69, 9.17) is 0 Å². The summed E-state index contributed by atoms with van der Waals surface area (Å²) in [6.07, 6.45) is 6.47. The van der Waals surface area contributed by atoms with Crippen molar-refractivity contribution in [3.63, 3.8) is 0 Å². The number of benzene rings is 2. The van der Waals surface area contributed by atoms with E-state index in [1.807, 2.05) is 64.8 Å². The molecule has 0 bridgehead atoms. The van der Waals surface area contributed by atoms with Gasteiger partial charge < -0.3 is 9.88 Å². The average molecular weight is 386 g/mol. The molecule has 138 valence electrons. The van der Waals surface area contributed by atoms with Gasteiger partial charge in [-0.3, -0.25) is 9.20 Å². The number of hydrogen-bond acceptors (Lipinski definition) is 3. The predicted molar refractivity (Wildman–Crippen MR) is 114 cm³/mol. The highest BCUT2D eigenvalue weighted by atomic mass is 32.1. The first-order valence-electron chi connectivity index (χ1n) is 9.13. The maximum Gasteiger partial charge on any atom is 0.226 e. The monoisotopic (exact) mass is 386 g/mol. The Bertz CT molecular complexity index is 1230. The van der Waals surface area contributed by atoms with Crippen LogP contribution in [-0.4, -0.2) is 19.9 Å². The summed E-state index contributed by atoms with van der Waals surface area (Å²) in [5, 5.41) is 6.18. The van der Waals surface area contributed by atoms with E-state index in [-0.39, 0.29) is 5.91 Å². The molecule has 3 aromatic heterocycles. The molecule has 0 aliphatic carbocycles. The molecule has 5 aromatic rings. The Hall–Kier alpha value is -3.38. The van der Waals surface area contributed by atoms with E-state index in [1.54, 1.807) is 11.3 Å². The fraction of sp³-hybridized carbons (Fsp3) is 0.0909. The first kappa shape index (κ1) is 16.8. The molecule has 6 heteroatoms. The fourth-order valence-corrected chi connectivity index (χ4v) is 4.07. The van der Waals surface area contributed by atoms with Gasteiger partial charge in [0.2, 0.25) is 5.91 Å². The van der Waals surface area contributed by atoms with E-state index in [1.165, 1.54) is 5.39 Å². The highest BCUT2D eigenvalue weighted by Crippen LogP contribution is 2.23. The molecule has 0 fully saturated rings. The maximum absolute atomic E-state index is 12.3. The Morgan fingerprint density at radius 1 is 1.04 bits per heavy atom. The quantitative estimate of drug-likeness (QED) is 0.460. The van der Waals surface area contributed by atoms with Crippen LogP contribution in [0.25, 0.3) is 27.1 Å². The van der Waals surface area contributed by atoms with Crippen molar-refractivity contribution in [2.75, 3.05) is 5.32 Å². The van der Waals surface area contributed by atoms with Gasteiger partial charge >= 0.3 is 0 Å². The number of amides is 1. The van der Waals surface area contributed by atoms with Crippen molar-refractivity contribution in [3.8, 4) is 11.3 Å². The molecular weight excluding hydrogens is 368 g/mol. The molecule has 0 spiro atoms. The molecule has 2 aromatic carbocycles. The van der Waals surface area contributed by atoms with Gasteiger partial charge in [0.1, 0.15) is 0 Å². The summed E-state index contributed by atoms with van der Waals surface area (Å²) in [4.78, 5) is 17.9. The van der Waals surface area contributed by atoms with Crippen molar-refractivity contribution in [3.05, 3.63) is 78.6 Å². The minimum absolute atomic E-state index is 0.00744. The summed E-state index contributed by atoms with van der Waals surface area (Å²) < 4.78 is 4.13. The second-order valence-electron chi connectivity index (χ2n) is 6.66. The Morgan fingerprint density at radius 2 is 1.89 bits per heavy atom. The van der Waals surface area contributed by atoms with Crippen molar-refractivity contribution < 1.29 is 4.79 Å². The highest BCUT2D eigenvalue weighted by Gasteiger charge is 2.08. The van der Waals surface area contributed by atoms with Gasteiger partial charge in [0.15, 0.2) is 4.96 Å². The lowest BCUT2D eigenvalue weighted by atomic mass is 10.1. The third-order valence-electron chi connectivity index (χ3n) is 4.82. The van der Waals surface area contributed by atoms with E-state index in [9.17, 15) is 4.79 Å². The second kappa shape index (κ2) is 6.98. The van der Waals surface area contributed by atoms with E-state index < -0.39 is 0 Å². The van der Waals surface area contributed by atoms with Crippen LogP contribution < -0.4 is 5.32 Å². The number of thiazole rings is 1. The summed E-state index contributed by atoms with van der Waals surface area (Å²) in [5.41, 5.74) is 3.92. The molecule has 0 aliphatic rings. The van der Waals surface area contributed by atoms with Crippen LogP contribution in [0, 0.1) is 0 Å². The minimum atomic E-state index is 0.00744. The highest BCUT2D eigenvalue weighted by molar-refractivity contribution is 7.15. The molecule has 0 saturated heterocycles. The fourth-order valence-electron chi connectivity index (χ4n) is 3.37. The lowest BCUT2D eigenvalue weighted by Gasteiger charge is -2.08. The number of carbonyl (C=O) groups is 1. The van der Waals surface area contributed by atoms with Crippen LogP contribution in [0.2, 0.25) is 0 Å². The molecule has 0 saturated carbocycles. The largest absolute Gasteiger partial charge is 0.347 e. The third-order valence-corrected chi connectivity index (χ3v) is 5.59. The van der Waals surface area contributed by atoms with Gasteiger partial charge in [-0.15, -0.1) is 11.3 Å². The summed E-state index contributed by atoms with van der Waals surface area (Å²) in [6.45, 7) is 0.656. The number of imidazole rings is 1. The van der Waals surface area contributed by atoms with Gasteiger partial charge in [-0.1, -0.05) is 30.3 Å². The van der Waals surface area contributed by atoms with Crippen molar-refractivity contribution in [2.24, 2.45) is 0 Å². The number of para-hydroxylation sites is 1. The lowest BCUT2D eigenvalue weighted by molar-refractivity contribution is -0.116. The van der Waals surface area contributed by atoms with Gasteiger partial charge in [-0.05, 0) is 29.7 Å². The zero-order chi connectivity index (χ0) is 18.9. The predicted octanol–water partition coefficient (Wildman–Crippen LogP) is 5.05. The standard InChI is InChI=1S/C22H18N4OS/c27-21(10-12-25-11-9-17-3-1-2-4-20(17)25)23-18-7-5-16(6-8-18)19-15-26-13-14-28-22(26)24-19/h1-9,11,13-15H,10,12H2,(H,23,27). The number of fused-ring (bicyclic) bond motifs is 2. The van der Waals surface area contributed by atoms with Crippen LogP contribution >= 0.6 is 11.3 Å². The molecule has 0 radical (unpaired) electrons. The summed E-state index contributed by atoms with van der Waals surface area (Å²) in [7, 11) is 0. The number of aryl methyl sites for hydroxylation is 1. The van der Waals surface area contributed by atoms with Crippen molar-refractivity contribution >= 4 is 38.8 Å². The van der Waals surface area contributed by atoms with E-state index >= 15 is 0 Å². The lowest BCUT2D eigenvalue weighted by Crippen LogP contribution is -2.14. The molecule has 3 heterocycles. The molecule has 1 amide bonds. The zero-order valence-corrected chi connectivity index (χ0v) is 15.9. The molecule has 0 unspecified atom stereocenters. The SMILES string of the molecule is O=C(CCn1ccc2ccccc21)Nc1ccc(-c2cn3ccsc3n2)cc1. The van der Waals surface area contributed by atoms with Crippen molar-refractivity contribution in [1.82, 2.24) is 14.0 Å². The van der Waals surface area contributed by atoms with Crippen LogP contribution in [0.5, 0.6) is 0 Å². The third kappa shape index (κ3) is 3.18. The smallest absolute Gasteiger partial charge is 0.226 e. The molecule has 28 heavy (non-hydrogen) atoms. The number of hydrogen-bond donors (Lipinski definition) is 1. The van der Waals surface area contributed by atoms with Crippen molar-refractivity contribution in [1.29, 1.82) is 0 Å². The minimum Gasteiger partial charge on any atom is -0.347 e. The Labute approximate surface area is 165 Å². The molecule has 5 nitrogen and oxygen atoms in total. The molecule has 1 N–H and O–H groups in total. The van der Waals surface area contributed by atoms with Crippen LogP contribution in [0.1, 0.15) is 6.42 Å². The van der Waals surface area contributed by atoms with Gasteiger partial charge in [-0.25, -0.2) is 4.98 Å². The van der Waals surface area contributed by atoms with Crippen molar-refractivity contribution in [2.45, 2.75) is 13.0 Å². The Morgan fingerprint density at radius 3 is 2.75 bits per heavy atom. The average Bonchev–Trinajstić information content (AvgIpc) is 3.42. The van der Waals surface area contributed by atoms with E-state index in [0.717, 1.165) is 27.4 Å². The van der Waals surface area contributed by atoms with Gasteiger partial charge in [-0.2, -0.15) is 0 Å². The number of nitrogens with one attached hydrogen (secondary N) is 1. The van der Waals surface area contributed by atoms with Gasteiger partial charge in [0.05, 0.1) is 5.69 Å². The first-order valence-corrected chi connectivity index (χ1v) is 10.0. The van der Waals surface area contributed by atoms with Crippen LogP contribution in [-0.2, 0) is 11.3 Å². The summed E-state index contributed by atoms with van der Waals surface area (Å²) in [5.74, 6) is 0.00744. The van der Waals surface area contributed by atoms with E-state index in [2.05, 4.69) is 33.1 Å².